The van der Waals surface area contributed by atoms with E-state index in [1.54, 1.807) is 19.1 Å². The van der Waals surface area contributed by atoms with Gasteiger partial charge in [0.05, 0.1) is 5.70 Å². The van der Waals surface area contributed by atoms with E-state index in [1.807, 2.05) is 0 Å². The van der Waals surface area contributed by atoms with Gasteiger partial charge in [-0.05, 0) is 26.0 Å². The van der Waals surface area contributed by atoms with Gasteiger partial charge in [-0.2, -0.15) is 4.39 Å². The van der Waals surface area contributed by atoms with Crippen molar-refractivity contribution in [1.29, 1.82) is 0 Å². The highest BCUT2D eigenvalue weighted by Crippen LogP contribution is 2.10. The summed E-state index contributed by atoms with van der Waals surface area (Å²) in [5.41, 5.74) is 0.0585. The molecule has 2 nitrogen and oxygen atoms in total. The number of nitrogens with zero attached hydrogens (tertiary/aromatic N) is 1. The molecule has 0 aromatic heterocycles. The average Bonchev–Trinajstić information content (AvgIpc) is 2.16. The van der Waals surface area contributed by atoms with Gasteiger partial charge >= 0.3 is 0 Å². The Morgan fingerprint density at radius 1 is 1.27 bits per heavy atom. The zero-order chi connectivity index (χ0) is 11.8. The number of aliphatic imine (C=N–C) groups is 1. The standard InChI is InChI=1S/C11H14F2N2/c1-5-7-8(3)14-11(13)15-9(4)10(12)6-2/h5-7H,3-4H2,1-2H3,(H,14,15)/b7-5-,10-6+. The Hall–Kier alpha value is -1.71. The molecule has 15 heavy (non-hydrogen) atoms. The number of allylic oxidation sites excluding steroid dienone is 4. The summed E-state index contributed by atoms with van der Waals surface area (Å²) in [5, 5.41) is 2.24. The van der Waals surface area contributed by atoms with Crippen LogP contribution in [0.15, 0.2) is 53.6 Å². The Morgan fingerprint density at radius 2 is 1.87 bits per heavy atom. The fourth-order valence-corrected chi connectivity index (χ4v) is 0.742. The highest BCUT2D eigenvalue weighted by molar-refractivity contribution is 5.76. The minimum absolute atomic E-state index is 0.268. The molecule has 1 N–H and O–H groups in total. The molecule has 0 rings (SSSR count). The molecule has 0 atom stereocenters. The molecule has 0 heterocycles. The van der Waals surface area contributed by atoms with Gasteiger partial charge in [-0.1, -0.05) is 19.2 Å². The number of hydrogen-bond donors (Lipinski definition) is 1. The number of rotatable bonds is 4. The highest BCUT2D eigenvalue weighted by Gasteiger charge is 2.01. The number of hydrogen-bond acceptors (Lipinski definition) is 1. The lowest BCUT2D eigenvalue weighted by Gasteiger charge is -2.01. The van der Waals surface area contributed by atoms with Crippen LogP contribution in [0.1, 0.15) is 13.8 Å². The molecule has 0 saturated heterocycles. The molecule has 0 amide bonds. The summed E-state index contributed by atoms with van der Waals surface area (Å²) in [5.74, 6) is -0.663. The van der Waals surface area contributed by atoms with Crippen molar-refractivity contribution in [2.24, 2.45) is 4.99 Å². The zero-order valence-corrected chi connectivity index (χ0v) is 8.85. The Balaban J connectivity index is 4.45. The van der Waals surface area contributed by atoms with Crippen LogP contribution in [0.2, 0.25) is 0 Å². The molecular weight excluding hydrogens is 198 g/mol. The van der Waals surface area contributed by atoms with E-state index in [2.05, 4.69) is 23.5 Å². The smallest absolute Gasteiger partial charge is 0.287 e. The first kappa shape index (κ1) is 13.3. The fourth-order valence-electron chi connectivity index (χ4n) is 0.742. The van der Waals surface area contributed by atoms with Gasteiger partial charge in [0.2, 0.25) is 0 Å². The molecule has 0 bridgehead atoms. The molecule has 0 fully saturated rings. The minimum Gasteiger partial charge on any atom is -0.317 e. The van der Waals surface area contributed by atoms with Crippen molar-refractivity contribution in [3.8, 4) is 0 Å². The van der Waals surface area contributed by atoms with Crippen molar-refractivity contribution in [2.45, 2.75) is 13.8 Å². The van der Waals surface area contributed by atoms with Crippen molar-refractivity contribution in [3.63, 3.8) is 0 Å². The summed E-state index contributed by atoms with van der Waals surface area (Å²) in [7, 11) is 0. The largest absolute Gasteiger partial charge is 0.317 e. The van der Waals surface area contributed by atoms with Gasteiger partial charge in [0, 0.05) is 5.70 Å². The predicted octanol–water partition coefficient (Wildman–Crippen LogP) is 3.38. The Kier molecular flexibility index (Phi) is 5.94. The van der Waals surface area contributed by atoms with Crippen LogP contribution < -0.4 is 5.32 Å². The summed E-state index contributed by atoms with van der Waals surface area (Å²) in [6.07, 6.45) is 3.45. The van der Waals surface area contributed by atoms with Crippen LogP contribution in [-0.2, 0) is 0 Å². The maximum atomic E-state index is 13.0. The van der Waals surface area contributed by atoms with Gasteiger partial charge in [0.25, 0.3) is 6.09 Å². The second-order valence-electron chi connectivity index (χ2n) is 2.64. The SMILES string of the molecule is C=C(/C=C\C)NC(F)=NC(=C)/C(F)=C\C. The Morgan fingerprint density at radius 3 is 2.33 bits per heavy atom. The summed E-state index contributed by atoms with van der Waals surface area (Å²) in [6.45, 7) is 10.00. The maximum Gasteiger partial charge on any atom is 0.287 e. The van der Waals surface area contributed by atoms with Gasteiger partial charge < -0.3 is 5.32 Å². The van der Waals surface area contributed by atoms with Gasteiger partial charge in [-0.15, -0.1) is 0 Å². The third kappa shape index (κ3) is 5.57. The summed E-state index contributed by atoms with van der Waals surface area (Å²) in [6, 6.07) is 0. The van der Waals surface area contributed by atoms with E-state index in [0.29, 0.717) is 5.70 Å². The van der Waals surface area contributed by atoms with Gasteiger partial charge in [-0.25, -0.2) is 9.38 Å². The second kappa shape index (κ2) is 6.70. The molecule has 0 saturated carbocycles. The normalized spacial score (nSPS) is 13.1. The van der Waals surface area contributed by atoms with Crippen molar-refractivity contribution in [1.82, 2.24) is 5.32 Å². The second-order valence-corrected chi connectivity index (χ2v) is 2.64. The summed E-state index contributed by atoms with van der Waals surface area (Å²) < 4.78 is 25.8. The summed E-state index contributed by atoms with van der Waals surface area (Å²) in [4.78, 5) is 3.28. The molecule has 0 spiro atoms. The first-order chi connectivity index (χ1) is 7.01. The van der Waals surface area contributed by atoms with Crippen molar-refractivity contribution >= 4 is 6.09 Å². The Bertz CT molecular complexity index is 338. The molecule has 0 aliphatic heterocycles. The fraction of sp³-hybridized carbons (Fsp3) is 0.182. The van der Waals surface area contributed by atoms with Crippen molar-refractivity contribution in [2.75, 3.05) is 0 Å². The van der Waals surface area contributed by atoms with Gasteiger partial charge in [0.15, 0.2) is 0 Å². The molecule has 4 heteroatoms. The van der Waals surface area contributed by atoms with Crippen LogP contribution in [0.3, 0.4) is 0 Å². The quantitative estimate of drug-likeness (QED) is 0.328. The number of halogens is 2. The van der Waals surface area contributed by atoms with E-state index in [9.17, 15) is 8.78 Å². The van der Waals surface area contributed by atoms with Crippen LogP contribution in [0.25, 0.3) is 0 Å². The third-order valence-electron chi connectivity index (χ3n) is 1.39. The van der Waals surface area contributed by atoms with Crippen molar-refractivity contribution in [3.05, 3.63) is 48.6 Å². The van der Waals surface area contributed by atoms with Crippen LogP contribution in [0.5, 0.6) is 0 Å². The first-order valence-corrected chi connectivity index (χ1v) is 4.35. The van der Waals surface area contributed by atoms with Crippen molar-refractivity contribution < 1.29 is 8.78 Å². The zero-order valence-electron chi connectivity index (χ0n) is 8.85. The topological polar surface area (TPSA) is 24.4 Å². The van der Waals surface area contributed by atoms with E-state index < -0.39 is 11.9 Å². The third-order valence-corrected chi connectivity index (χ3v) is 1.39. The van der Waals surface area contributed by atoms with E-state index in [4.69, 9.17) is 0 Å². The molecular formula is C11H14F2N2. The molecule has 0 aromatic carbocycles. The lowest BCUT2D eigenvalue weighted by atomic mass is 10.4. The Labute approximate surface area is 88.4 Å². The number of amidine groups is 1. The molecule has 0 unspecified atom stereocenters. The lowest BCUT2D eigenvalue weighted by Crippen LogP contribution is -2.16. The predicted molar refractivity (Wildman–Crippen MR) is 59.6 cm³/mol. The van der Waals surface area contributed by atoms with Gasteiger partial charge in [-0.3, -0.25) is 0 Å². The molecule has 0 radical (unpaired) electrons. The molecule has 0 aliphatic rings. The first-order valence-electron chi connectivity index (χ1n) is 4.35. The summed E-state index contributed by atoms with van der Waals surface area (Å²) >= 11 is 0. The maximum absolute atomic E-state index is 13.0. The van der Waals surface area contributed by atoms with E-state index >= 15 is 0 Å². The average molecular weight is 212 g/mol. The van der Waals surface area contributed by atoms with E-state index in [0.717, 1.165) is 6.08 Å². The van der Waals surface area contributed by atoms with Crippen LogP contribution >= 0.6 is 0 Å². The minimum atomic E-state index is -0.944. The molecule has 0 aliphatic carbocycles. The van der Waals surface area contributed by atoms with Crippen LogP contribution in [0.4, 0.5) is 8.78 Å². The van der Waals surface area contributed by atoms with E-state index in [-0.39, 0.29) is 5.70 Å². The molecule has 0 aromatic rings. The van der Waals surface area contributed by atoms with Crippen LogP contribution in [-0.4, -0.2) is 6.09 Å². The highest BCUT2D eigenvalue weighted by atomic mass is 19.1. The molecule has 82 valence electrons. The van der Waals surface area contributed by atoms with Gasteiger partial charge in [0.1, 0.15) is 5.83 Å². The monoisotopic (exact) mass is 212 g/mol. The van der Waals surface area contributed by atoms with Crippen LogP contribution in [0, 0.1) is 0 Å². The lowest BCUT2D eigenvalue weighted by molar-refractivity contribution is 0.643. The van der Waals surface area contributed by atoms with E-state index in [1.165, 1.54) is 6.92 Å². The number of nitrogens with one attached hydrogen (secondary N) is 1.